The van der Waals surface area contributed by atoms with Crippen LogP contribution in [-0.2, 0) is 9.09 Å². The van der Waals surface area contributed by atoms with Crippen molar-refractivity contribution in [3.8, 4) is 0 Å². The Kier molecular flexibility index (Phi) is 4.14. The summed E-state index contributed by atoms with van der Waals surface area (Å²) in [7, 11) is 2.45. The predicted octanol–water partition coefficient (Wildman–Crippen LogP) is 1.04. The lowest BCUT2D eigenvalue weighted by Gasteiger charge is -2.23. The van der Waals surface area contributed by atoms with Gasteiger partial charge in [0.25, 0.3) is 0 Å². The molecule has 0 bridgehead atoms. The first-order chi connectivity index (χ1) is 5.27. The van der Waals surface area contributed by atoms with Crippen LogP contribution >= 0.6 is 7.60 Å². The van der Waals surface area contributed by atoms with Gasteiger partial charge in [-0.15, -0.1) is 0 Å². The van der Waals surface area contributed by atoms with Gasteiger partial charge in [-0.3, -0.25) is 9.09 Å². The van der Waals surface area contributed by atoms with Gasteiger partial charge in [0, 0.05) is 5.82 Å². The third kappa shape index (κ3) is 6.55. The highest BCUT2D eigenvalue weighted by Crippen LogP contribution is 2.42. The topological polar surface area (TPSA) is 46.5 Å². The lowest BCUT2D eigenvalue weighted by Crippen LogP contribution is -2.37. The van der Waals surface area contributed by atoms with Gasteiger partial charge in [-0.25, -0.2) is 0 Å². The molecule has 0 aromatic rings. The van der Waals surface area contributed by atoms with Crippen LogP contribution in [0, 0.1) is 0 Å². The van der Waals surface area contributed by atoms with Gasteiger partial charge in [0.15, 0.2) is 0 Å². The van der Waals surface area contributed by atoms with E-state index >= 15 is 0 Å². The van der Waals surface area contributed by atoms with Crippen molar-refractivity contribution in [3.05, 3.63) is 12.4 Å². The van der Waals surface area contributed by atoms with Crippen molar-refractivity contribution in [2.45, 2.75) is 0 Å². The summed E-state index contributed by atoms with van der Waals surface area (Å²) < 4.78 is 16.3. The number of hydrogen-bond acceptors (Lipinski definition) is 2. The molecule has 0 saturated carbocycles. The third-order valence-corrected chi connectivity index (χ3v) is 2.28. The number of likely N-dealkylation sites (N-methyl/N-ethyl adjacent to an activating group) is 1. The molecule has 1 atom stereocenters. The SMILES string of the molecule is C=CP(=O)(O)OCC[N+](C)(C)C. The molecular formula is C7H17NO3P+. The molecule has 0 fully saturated rings. The summed E-state index contributed by atoms with van der Waals surface area (Å²) in [5.41, 5.74) is 0. The second kappa shape index (κ2) is 4.19. The third-order valence-electron chi connectivity index (χ3n) is 1.27. The molecule has 0 aliphatic rings. The second-order valence-electron chi connectivity index (χ2n) is 3.59. The van der Waals surface area contributed by atoms with E-state index < -0.39 is 7.60 Å². The van der Waals surface area contributed by atoms with Crippen LogP contribution in [0.5, 0.6) is 0 Å². The monoisotopic (exact) mass is 194 g/mol. The minimum Gasteiger partial charge on any atom is -0.329 e. The summed E-state index contributed by atoms with van der Waals surface area (Å²) in [6.07, 6.45) is 0. The largest absolute Gasteiger partial charge is 0.351 e. The van der Waals surface area contributed by atoms with E-state index in [9.17, 15) is 4.57 Å². The van der Waals surface area contributed by atoms with Crippen molar-refractivity contribution in [1.29, 1.82) is 0 Å². The molecule has 0 aromatic heterocycles. The number of nitrogens with zero attached hydrogens (tertiary/aromatic N) is 1. The Bertz CT molecular complexity index is 197. The molecule has 0 amide bonds. The zero-order valence-corrected chi connectivity index (χ0v) is 8.75. The summed E-state index contributed by atoms with van der Waals surface area (Å²) in [4.78, 5) is 8.93. The van der Waals surface area contributed by atoms with Crippen molar-refractivity contribution in [1.82, 2.24) is 0 Å². The fraction of sp³-hybridized carbons (Fsp3) is 0.714. The minimum atomic E-state index is -3.51. The molecule has 0 aliphatic heterocycles. The summed E-state index contributed by atoms with van der Waals surface area (Å²) in [5, 5.41) is 0. The first kappa shape index (κ1) is 11.8. The van der Waals surface area contributed by atoms with E-state index in [0.29, 0.717) is 11.0 Å². The van der Waals surface area contributed by atoms with E-state index in [4.69, 9.17) is 9.42 Å². The van der Waals surface area contributed by atoms with Crippen LogP contribution in [0.25, 0.3) is 0 Å². The maximum Gasteiger partial charge on any atom is 0.351 e. The van der Waals surface area contributed by atoms with Crippen LogP contribution in [0.2, 0.25) is 0 Å². The first-order valence-electron chi connectivity index (χ1n) is 3.68. The fourth-order valence-electron chi connectivity index (χ4n) is 0.498. The van der Waals surface area contributed by atoms with E-state index in [1.54, 1.807) is 0 Å². The van der Waals surface area contributed by atoms with Crippen molar-refractivity contribution >= 4 is 7.60 Å². The smallest absolute Gasteiger partial charge is 0.329 e. The first-order valence-corrected chi connectivity index (χ1v) is 5.32. The van der Waals surface area contributed by atoms with Gasteiger partial charge in [-0.1, -0.05) is 6.58 Å². The normalized spacial score (nSPS) is 17.0. The van der Waals surface area contributed by atoms with E-state index in [1.807, 2.05) is 21.1 Å². The van der Waals surface area contributed by atoms with E-state index in [1.165, 1.54) is 0 Å². The van der Waals surface area contributed by atoms with E-state index in [0.717, 1.165) is 5.82 Å². The molecule has 12 heavy (non-hydrogen) atoms. The number of rotatable bonds is 5. The van der Waals surface area contributed by atoms with Gasteiger partial charge < -0.3 is 9.38 Å². The number of hydrogen-bond donors (Lipinski definition) is 1. The van der Waals surface area contributed by atoms with Crippen molar-refractivity contribution < 1.29 is 18.5 Å². The zero-order chi connectivity index (χ0) is 9.83. The zero-order valence-electron chi connectivity index (χ0n) is 7.86. The van der Waals surface area contributed by atoms with Gasteiger partial charge in [-0.2, -0.15) is 0 Å². The van der Waals surface area contributed by atoms with Crippen LogP contribution in [0.15, 0.2) is 12.4 Å². The molecule has 0 radical (unpaired) electrons. The van der Waals surface area contributed by atoms with Crippen LogP contribution in [0.4, 0.5) is 0 Å². The van der Waals surface area contributed by atoms with Crippen LogP contribution < -0.4 is 0 Å². The van der Waals surface area contributed by atoms with Gasteiger partial charge in [0.2, 0.25) is 0 Å². The van der Waals surface area contributed by atoms with Crippen molar-refractivity contribution in [2.24, 2.45) is 0 Å². The Morgan fingerprint density at radius 2 is 2.08 bits per heavy atom. The maximum absolute atomic E-state index is 10.9. The highest BCUT2D eigenvalue weighted by atomic mass is 31.2. The molecule has 0 heterocycles. The quantitative estimate of drug-likeness (QED) is 0.525. The molecule has 5 heteroatoms. The van der Waals surface area contributed by atoms with Crippen LogP contribution in [0.3, 0.4) is 0 Å². The Morgan fingerprint density at radius 3 is 2.42 bits per heavy atom. The number of quaternary nitrogens is 1. The minimum absolute atomic E-state index is 0.267. The van der Waals surface area contributed by atoms with Crippen LogP contribution in [0.1, 0.15) is 0 Å². The Morgan fingerprint density at radius 1 is 1.58 bits per heavy atom. The fourth-order valence-corrected chi connectivity index (χ4v) is 0.947. The van der Waals surface area contributed by atoms with Crippen molar-refractivity contribution in [2.75, 3.05) is 34.3 Å². The Labute approximate surface area is 73.6 Å². The molecule has 0 saturated heterocycles. The molecule has 72 valence electrons. The van der Waals surface area contributed by atoms with Gasteiger partial charge in [0.05, 0.1) is 21.1 Å². The van der Waals surface area contributed by atoms with E-state index in [2.05, 4.69) is 6.58 Å². The van der Waals surface area contributed by atoms with Gasteiger partial charge >= 0.3 is 7.60 Å². The van der Waals surface area contributed by atoms with Crippen LogP contribution in [-0.4, -0.2) is 43.7 Å². The molecule has 4 nitrogen and oxygen atoms in total. The second-order valence-corrected chi connectivity index (χ2v) is 5.35. The summed E-state index contributed by atoms with van der Waals surface area (Å²) in [6.45, 7) is 4.16. The molecule has 0 aromatic carbocycles. The standard InChI is InChI=1S/C7H16NO3P/c1-5-12(9,10)11-7-6-8(2,3)4/h5H,1,6-7H2,2-4H3/p+1. The lowest BCUT2D eigenvalue weighted by atomic mass is 10.5. The molecular weight excluding hydrogens is 177 g/mol. The van der Waals surface area contributed by atoms with E-state index in [-0.39, 0.29) is 6.61 Å². The molecule has 0 spiro atoms. The molecule has 0 aliphatic carbocycles. The highest BCUT2D eigenvalue weighted by Gasteiger charge is 2.15. The highest BCUT2D eigenvalue weighted by molar-refractivity contribution is 7.56. The van der Waals surface area contributed by atoms with Gasteiger partial charge in [0.1, 0.15) is 13.2 Å². The predicted molar refractivity (Wildman–Crippen MR) is 48.9 cm³/mol. The molecule has 0 rings (SSSR count). The van der Waals surface area contributed by atoms with Gasteiger partial charge in [-0.05, 0) is 0 Å². The summed E-state index contributed by atoms with van der Waals surface area (Å²) in [6, 6.07) is 0. The maximum atomic E-state index is 10.9. The summed E-state index contributed by atoms with van der Waals surface area (Å²) in [5.74, 6) is 0.947. The van der Waals surface area contributed by atoms with Crippen molar-refractivity contribution in [3.63, 3.8) is 0 Å². The summed E-state index contributed by atoms with van der Waals surface area (Å²) >= 11 is 0. The lowest BCUT2D eigenvalue weighted by molar-refractivity contribution is -0.870. The average Bonchev–Trinajstić information content (AvgIpc) is 1.84. The average molecular weight is 194 g/mol. The molecule has 1 N–H and O–H groups in total. The Balaban J connectivity index is 3.72. The molecule has 1 unspecified atom stereocenters. The Hall–Kier alpha value is -0.150.